The van der Waals surface area contributed by atoms with Crippen molar-refractivity contribution in [3.63, 3.8) is 0 Å². The molecule has 2 aromatic rings. The average molecular weight is 298 g/mol. The van der Waals surface area contributed by atoms with E-state index in [1.54, 1.807) is 18.2 Å². The number of aryl methyl sites for hydroxylation is 2. The van der Waals surface area contributed by atoms with E-state index in [1.165, 1.54) is 0 Å². The summed E-state index contributed by atoms with van der Waals surface area (Å²) in [5, 5.41) is 0.919. The number of rotatable bonds is 4. The van der Waals surface area contributed by atoms with Crippen LogP contribution in [0, 0.1) is 13.8 Å². The summed E-state index contributed by atoms with van der Waals surface area (Å²) >= 11 is 11.8. The maximum Gasteiger partial charge on any atom is 0.202 e. The molecular formula is C14H13Cl2NO2. The zero-order chi connectivity index (χ0) is 14.0. The molecule has 0 radical (unpaired) electrons. The van der Waals surface area contributed by atoms with Crippen molar-refractivity contribution in [1.29, 1.82) is 0 Å². The highest BCUT2D eigenvalue weighted by Crippen LogP contribution is 2.27. The molecule has 0 atom stereocenters. The van der Waals surface area contributed by atoms with Crippen LogP contribution in [0.2, 0.25) is 10.0 Å². The van der Waals surface area contributed by atoms with Gasteiger partial charge in [-0.15, -0.1) is 0 Å². The van der Waals surface area contributed by atoms with Gasteiger partial charge in [0.1, 0.15) is 5.75 Å². The highest BCUT2D eigenvalue weighted by Gasteiger charge is 2.13. The smallest absolute Gasteiger partial charge is 0.202 e. The van der Waals surface area contributed by atoms with Crippen molar-refractivity contribution in [3.05, 3.63) is 51.3 Å². The number of benzene rings is 1. The molecule has 100 valence electrons. The number of carbonyl (C=O) groups is 1. The zero-order valence-corrected chi connectivity index (χ0v) is 12.1. The molecule has 2 rings (SSSR count). The van der Waals surface area contributed by atoms with Gasteiger partial charge in [-0.3, -0.25) is 4.79 Å². The van der Waals surface area contributed by atoms with E-state index in [0.29, 0.717) is 21.4 Å². The lowest BCUT2D eigenvalue weighted by Gasteiger charge is -2.07. The Balaban J connectivity index is 2.06. The van der Waals surface area contributed by atoms with E-state index < -0.39 is 0 Å². The molecule has 5 heteroatoms. The first kappa shape index (κ1) is 14.0. The van der Waals surface area contributed by atoms with E-state index in [-0.39, 0.29) is 12.4 Å². The first-order chi connectivity index (χ1) is 8.97. The van der Waals surface area contributed by atoms with Gasteiger partial charge in [0.15, 0.2) is 6.61 Å². The van der Waals surface area contributed by atoms with Crippen LogP contribution in [0.25, 0.3) is 0 Å². The third-order valence-corrected chi connectivity index (χ3v) is 3.23. The first-order valence-corrected chi connectivity index (χ1v) is 6.50. The molecule has 1 aromatic carbocycles. The monoisotopic (exact) mass is 297 g/mol. The van der Waals surface area contributed by atoms with Gasteiger partial charge in [-0.1, -0.05) is 23.2 Å². The Bertz CT molecular complexity index is 620. The molecule has 0 unspecified atom stereocenters. The van der Waals surface area contributed by atoms with Crippen LogP contribution in [-0.2, 0) is 0 Å². The van der Waals surface area contributed by atoms with Gasteiger partial charge in [0.05, 0.1) is 5.02 Å². The van der Waals surface area contributed by atoms with Crippen molar-refractivity contribution in [3.8, 4) is 5.75 Å². The van der Waals surface area contributed by atoms with Gasteiger partial charge in [-0.2, -0.15) is 0 Å². The largest absolute Gasteiger partial charge is 0.484 e. The van der Waals surface area contributed by atoms with E-state index in [0.717, 1.165) is 11.4 Å². The molecule has 0 saturated heterocycles. The van der Waals surface area contributed by atoms with Crippen molar-refractivity contribution in [1.82, 2.24) is 4.98 Å². The molecule has 0 bridgehead atoms. The number of carbonyl (C=O) groups excluding carboxylic acids is 1. The lowest BCUT2D eigenvalue weighted by molar-refractivity contribution is 0.0921. The van der Waals surface area contributed by atoms with Gasteiger partial charge in [0.25, 0.3) is 0 Å². The molecule has 0 aliphatic rings. The lowest BCUT2D eigenvalue weighted by atomic mass is 10.1. The predicted molar refractivity (Wildman–Crippen MR) is 76.6 cm³/mol. The van der Waals surface area contributed by atoms with Crippen LogP contribution in [0.1, 0.15) is 21.7 Å². The summed E-state index contributed by atoms with van der Waals surface area (Å²) in [6.07, 6.45) is 0. The minimum absolute atomic E-state index is 0.0561. The Morgan fingerprint density at radius 2 is 2.00 bits per heavy atom. The van der Waals surface area contributed by atoms with Gasteiger partial charge in [0.2, 0.25) is 5.78 Å². The van der Waals surface area contributed by atoms with E-state index in [4.69, 9.17) is 27.9 Å². The Morgan fingerprint density at radius 1 is 1.26 bits per heavy atom. The summed E-state index contributed by atoms with van der Waals surface area (Å²) in [6.45, 7) is 3.70. The van der Waals surface area contributed by atoms with Gasteiger partial charge in [-0.05, 0) is 38.1 Å². The second-order valence-electron chi connectivity index (χ2n) is 4.28. The number of H-pyrrole nitrogens is 1. The molecule has 0 aliphatic heterocycles. The van der Waals surface area contributed by atoms with Gasteiger partial charge in [-0.25, -0.2) is 0 Å². The fraction of sp³-hybridized carbons (Fsp3) is 0.214. The minimum Gasteiger partial charge on any atom is -0.484 e. The van der Waals surface area contributed by atoms with Crippen molar-refractivity contribution in [2.75, 3.05) is 6.61 Å². The zero-order valence-electron chi connectivity index (χ0n) is 10.6. The Labute approximate surface area is 121 Å². The molecule has 0 fully saturated rings. The number of nitrogens with one attached hydrogen (secondary N) is 1. The normalized spacial score (nSPS) is 10.5. The molecule has 1 aromatic heterocycles. The minimum atomic E-state index is -0.0899. The summed E-state index contributed by atoms with van der Waals surface area (Å²) in [4.78, 5) is 15.1. The van der Waals surface area contributed by atoms with Gasteiger partial charge < -0.3 is 9.72 Å². The lowest BCUT2D eigenvalue weighted by Crippen LogP contribution is -2.12. The molecule has 19 heavy (non-hydrogen) atoms. The van der Waals surface area contributed by atoms with Crippen LogP contribution >= 0.6 is 23.2 Å². The summed E-state index contributed by atoms with van der Waals surface area (Å²) in [5.74, 6) is 0.359. The number of ketones is 1. The third kappa shape index (κ3) is 3.31. The summed E-state index contributed by atoms with van der Waals surface area (Å²) < 4.78 is 5.42. The standard InChI is InChI=1S/C14H13Cl2NO2/c1-8-5-11(9(2)17-8)13(18)7-19-14-4-3-10(15)6-12(14)16/h3-6,17H,7H2,1-2H3. The number of halogens is 2. The number of aromatic nitrogens is 1. The van der Waals surface area contributed by atoms with Crippen molar-refractivity contribution >= 4 is 29.0 Å². The SMILES string of the molecule is Cc1cc(C(=O)COc2ccc(Cl)cc2Cl)c(C)[nH]1. The fourth-order valence-corrected chi connectivity index (χ4v) is 2.29. The van der Waals surface area contributed by atoms with Crippen molar-refractivity contribution < 1.29 is 9.53 Å². The molecule has 1 heterocycles. The first-order valence-electron chi connectivity index (χ1n) is 5.74. The molecule has 1 N–H and O–H groups in total. The van der Waals surface area contributed by atoms with E-state index >= 15 is 0 Å². The van der Waals surface area contributed by atoms with E-state index in [2.05, 4.69) is 4.98 Å². The summed E-state index contributed by atoms with van der Waals surface area (Å²) in [7, 11) is 0. The van der Waals surface area contributed by atoms with Crippen molar-refractivity contribution in [2.45, 2.75) is 13.8 Å². The van der Waals surface area contributed by atoms with Gasteiger partial charge >= 0.3 is 0 Å². The highest BCUT2D eigenvalue weighted by molar-refractivity contribution is 6.35. The number of hydrogen-bond acceptors (Lipinski definition) is 2. The van der Waals surface area contributed by atoms with Crippen LogP contribution in [-0.4, -0.2) is 17.4 Å². The predicted octanol–water partition coefficient (Wildman–Crippen LogP) is 4.20. The number of Topliss-reactive ketones (excluding diaryl/α,β-unsaturated/α-hetero) is 1. The highest BCUT2D eigenvalue weighted by atomic mass is 35.5. The molecule has 3 nitrogen and oxygen atoms in total. The molecule has 0 saturated carbocycles. The van der Waals surface area contributed by atoms with E-state index in [9.17, 15) is 4.79 Å². The van der Waals surface area contributed by atoms with E-state index in [1.807, 2.05) is 19.9 Å². The second kappa shape index (κ2) is 5.68. The maximum atomic E-state index is 12.0. The average Bonchev–Trinajstić information content (AvgIpc) is 2.67. The Hall–Kier alpha value is -1.45. The molecule has 0 spiro atoms. The fourth-order valence-electron chi connectivity index (χ4n) is 1.83. The van der Waals surface area contributed by atoms with Crippen LogP contribution in [0.5, 0.6) is 5.75 Å². The summed E-state index contributed by atoms with van der Waals surface area (Å²) in [6, 6.07) is 6.70. The van der Waals surface area contributed by atoms with Crippen LogP contribution in [0.15, 0.2) is 24.3 Å². The summed E-state index contributed by atoms with van der Waals surface area (Å²) in [5.41, 5.74) is 2.43. The molecular weight excluding hydrogens is 285 g/mol. The van der Waals surface area contributed by atoms with Crippen molar-refractivity contribution in [2.24, 2.45) is 0 Å². The second-order valence-corrected chi connectivity index (χ2v) is 5.12. The third-order valence-electron chi connectivity index (χ3n) is 2.70. The Kier molecular flexibility index (Phi) is 4.17. The number of aromatic amines is 1. The Morgan fingerprint density at radius 3 is 2.58 bits per heavy atom. The number of hydrogen-bond donors (Lipinski definition) is 1. The molecule has 0 amide bonds. The number of ether oxygens (including phenoxy) is 1. The van der Waals surface area contributed by atoms with Crippen LogP contribution < -0.4 is 4.74 Å². The van der Waals surface area contributed by atoms with Gasteiger partial charge in [0, 0.05) is 22.0 Å². The maximum absolute atomic E-state index is 12.0. The van der Waals surface area contributed by atoms with Crippen LogP contribution in [0.3, 0.4) is 0 Å². The topological polar surface area (TPSA) is 42.1 Å². The quantitative estimate of drug-likeness (QED) is 0.859. The van der Waals surface area contributed by atoms with Crippen LogP contribution in [0.4, 0.5) is 0 Å². The molecule has 0 aliphatic carbocycles.